The topological polar surface area (TPSA) is 51.2 Å². The van der Waals surface area contributed by atoms with Gasteiger partial charge < -0.3 is 24.0 Å². The summed E-state index contributed by atoms with van der Waals surface area (Å²) in [5.74, 6) is 1.41. The van der Waals surface area contributed by atoms with E-state index in [4.69, 9.17) is 25.8 Å². The summed E-state index contributed by atoms with van der Waals surface area (Å²) in [6, 6.07) is 9.24. The third-order valence-corrected chi connectivity index (χ3v) is 5.25. The zero-order valence-corrected chi connectivity index (χ0v) is 17.4. The van der Waals surface area contributed by atoms with E-state index in [1.165, 1.54) is 12.7 Å². The van der Waals surface area contributed by atoms with Gasteiger partial charge in [-0.3, -0.25) is 4.79 Å². The van der Waals surface area contributed by atoms with Crippen molar-refractivity contribution in [2.75, 3.05) is 52.4 Å². The molecular formula is C21H25ClN2O4. The molecule has 1 fully saturated rings. The molecule has 0 bridgehead atoms. The van der Waals surface area contributed by atoms with Crippen molar-refractivity contribution in [2.45, 2.75) is 6.92 Å². The number of piperazine rings is 1. The lowest BCUT2D eigenvalue weighted by Gasteiger charge is -2.37. The molecule has 7 heteroatoms. The zero-order chi connectivity index (χ0) is 20.3. The summed E-state index contributed by atoms with van der Waals surface area (Å²) in [5, 5.41) is 0.717. The molecule has 1 amide bonds. The fraction of sp³-hybridized carbons (Fsp3) is 0.381. The maximum Gasteiger partial charge on any atom is 0.257 e. The summed E-state index contributed by atoms with van der Waals surface area (Å²) >= 11 is 6.15. The van der Waals surface area contributed by atoms with Crippen molar-refractivity contribution >= 4 is 23.2 Å². The molecule has 28 heavy (non-hydrogen) atoms. The van der Waals surface area contributed by atoms with Gasteiger partial charge in [-0.1, -0.05) is 17.7 Å². The molecule has 1 aliphatic heterocycles. The first kappa shape index (κ1) is 20.1. The van der Waals surface area contributed by atoms with E-state index in [0.29, 0.717) is 40.9 Å². The van der Waals surface area contributed by atoms with E-state index < -0.39 is 0 Å². The second-order valence-electron chi connectivity index (χ2n) is 6.62. The summed E-state index contributed by atoms with van der Waals surface area (Å²) in [6.45, 7) is 4.77. The van der Waals surface area contributed by atoms with Crippen LogP contribution in [0, 0.1) is 6.92 Å². The SMILES string of the molecule is COc1cc(OC)c(C(=O)N2CCN(c3cc(Cl)ccc3C)CC2)cc1OC. The van der Waals surface area contributed by atoms with Gasteiger partial charge >= 0.3 is 0 Å². The predicted octanol–water partition coefficient (Wildman–Crippen LogP) is 3.64. The van der Waals surface area contributed by atoms with Crippen LogP contribution in [0.3, 0.4) is 0 Å². The highest BCUT2D eigenvalue weighted by Crippen LogP contribution is 2.35. The molecule has 2 aromatic carbocycles. The monoisotopic (exact) mass is 404 g/mol. The maximum atomic E-state index is 13.1. The van der Waals surface area contributed by atoms with E-state index in [1.807, 2.05) is 23.1 Å². The number of methoxy groups -OCH3 is 3. The number of amides is 1. The van der Waals surface area contributed by atoms with Crippen LogP contribution in [-0.4, -0.2) is 58.3 Å². The van der Waals surface area contributed by atoms with Gasteiger partial charge in [0.25, 0.3) is 5.91 Å². The number of hydrogen-bond acceptors (Lipinski definition) is 5. The Morgan fingerprint density at radius 2 is 1.50 bits per heavy atom. The van der Waals surface area contributed by atoms with E-state index in [9.17, 15) is 4.79 Å². The van der Waals surface area contributed by atoms with Crippen molar-refractivity contribution in [3.05, 3.63) is 46.5 Å². The Bertz CT molecular complexity index is 864. The van der Waals surface area contributed by atoms with Crippen molar-refractivity contribution in [1.82, 2.24) is 4.90 Å². The minimum Gasteiger partial charge on any atom is -0.496 e. The lowest BCUT2D eigenvalue weighted by molar-refractivity contribution is 0.0743. The third kappa shape index (κ3) is 3.97. The van der Waals surface area contributed by atoms with Gasteiger partial charge in [-0.25, -0.2) is 0 Å². The molecule has 0 saturated carbocycles. The highest BCUT2D eigenvalue weighted by Gasteiger charge is 2.26. The van der Waals surface area contributed by atoms with Crippen LogP contribution in [0.5, 0.6) is 17.2 Å². The zero-order valence-electron chi connectivity index (χ0n) is 16.6. The van der Waals surface area contributed by atoms with Crippen LogP contribution in [0.2, 0.25) is 5.02 Å². The number of hydrogen-bond donors (Lipinski definition) is 0. The van der Waals surface area contributed by atoms with E-state index in [2.05, 4.69) is 11.8 Å². The third-order valence-electron chi connectivity index (χ3n) is 5.01. The number of carbonyl (C=O) groups excluding carboxylic acids is 1. The van der Waals surface area contributed by atoms with Gasteiger partial charge in [0, 0.05) is 49.0 Å². The van der Waals surface area contributed by atoms with Gasteiger partial charge in [-0.05, 0) is 24.6 Å². The standard InChI is InChI=1S/C21H25ClN2O4/c1-14-5-6-15(22)11-17(14)23-7-9-24(10-8-23)21(25)16-12-19(27-3)20(28-4)13-18(16)26-2/h5-6,11-13H,7-10H2,1-4H3. The average molecular weight is 405 g/mol. The molecule has 2 aromatic rings. The number of nitrogens with zero attached hydrogens (tertiary/aromatic N) is 2. The van der Waals surface area contributed by atoms with Crippen LogP contribution in [-0.2, 0) is 0 Å². The van der Waals surface area contributed by atoms with Crippen LogP contribution in [0.1, 0.15) is 15.9 Å². The van der Waals surface area contributed by atoms with Gasteiger partial charge in [-0.2, -0.15) is 0 Å². The van der Waals surface area contributed by atoms with Gasteiger partial charge in [0.15, 0.2) is 11.5 Å². The molecule has 0 unspecified atom stereocenters. The number of benzene rings is 2. The van der Waals surface area contributed by atoms with Gasteiger partial charge in [0.05, 0.1) is 26.9 Å². The average Bonchev–Trinajstić information content (AvgIpc) is 2.74. The number of carbonyl (C=O) groups is 1. The number of halogens is 1. The van der Waals surface area contributed by atoms with Crippen molar-refractivity contribution in [1.29, 1.82) is 0 Å². The van der Waals surface area contributed by atoms with Crippen molar-refractivity contribution in [3.63, 3.8) is 0 Å². The summed E-state index contributed by atoms with van der Waals surface area (Å²) in [6.07, 6.45) is 0. The second kappa shape index (κ2) is 8.61. The Labute approximate surface area is 170 Å². The Kier molecular flexibility index (Phi) is 6.19. The van der Waals surface area contributed by atoms with E-state index in [1.54, 1.807) is 26.4 Å². The molecule has 1 heterocycles. The molecule has 3 rings (SSSR count). The smallest absolute Gasteiger partial charge is 0.257 e. The fourth-order valence-electron chi connectivity index (χ4n) is 3.44. The van der Waals surface area contributed by atoms with Crippen molar-refractivity contribution < 1.29 is 19.0 Å². The Balaban J connectivity index is 1.77. The summed E-state index contributed by atoms with van der Waals surface area (Å²) in [4.78, 5) is 17.2. The first-order chi connectivity index (χ1) is 13.5. The Morgan fingerprint density at radius 1 is 0.893 bits per heavy atom. The first-order valence-corrected chi connectivity index (χ1v) is 9.46. The maximum absolute atomic E-state index is 13.1. The van der Waals surface area contributed by atoms with Crippen molar-refractivity contribution in [2.24, 2.45) is 0 Å². The molecule has 0 aromatic heterocycles. The highest BCUT2D eigenvalue weighted by atomic mass is 35.5. The van der Waals surface area contributed by atoms with Gasteiger partial charge in [0.2, 0.25) is 0 Å². The van der Waals surface area contributed by atoms with Gasteiger partial charge in [0.1, 0.15) is 5.75 Å². The number of anilines is 1. The van der Waals surface area contributed by atoms with E-state index >= 15 is 0 Å². The predicted molar refractivity (Wildman–Crippen MR) is 110 cm³/mol. The number of aryl methyl sites for hydroxylation is 1. The molecule has 1 aliphatic rings. The van der Waals surface area contributed by atoms with Gasteiger partial charge in [-0.15, -0.1) is 0 Å². The lowest BCUT2D eigenvalue weighted by atomic mass is 10.1. The summed E-state index contributed by atoms with van der Waals surface area (Å²) < 4.78 is 16.0. The Morgan fingerprint density at radius 3 is 2.11 bits per heavy atom. The van der Waals surface area contributed by atoms with Crippen LogP contribution in [0.15, 0.2) is 30.3 Å². The molecule has 0 N–H and O–H groups in total. The minimum absolute atomic E-state index is 0.0831. The van der Waals surface area contributed by atoms with Crippen LogP contribution in [0.4, 0.5) is 5.69 Å². The fourth-order valence-corrected chi connectivity index (χ4v) is 3.61. The minimum atomic E-state index is -0.0831. The van der Waals surface area contributed by atoms with Crippen LogP contribution in [0.25, 0.3) is 0 Å². The van der Waals surface area contributed by atoms with Crippen LogP contribution < -0.4 is 19.1 Å². The van der Waals surface area contributed by atoms with Crippen LogP contribution >= 0.6 is 11.6 Å². The summed E-state index contributed by atoms with van der Waals surface area (Å²) in [7, 11) is 4.64. The summed E-state index contributed by atoms with van der Waals surface area (Å²) in [5.41, 5.74) is 2.75. The highest BCUT2D eigenvalue weighted by molar-refractivity contribution is 6.30. The number of rotatable bonds is 5. The lowest BCUT2D eigenvalue weighted by Crippen LogP contribution is -2.49. The second-order valence-corrected chi connectivity index (χ2v) is 7.05. The molecule has 0 atom stereocenters. The molecule has 0 radical (unpaired) electrons. The van der Waals surface area contributed by atoms with E-state index in [-0.39, 0.29) is 5.91 Å². The van der Waals surface area contributed by atoms with Crippen molar-refractivity contribution in [3.8, 4) is 17.2 Å². The largest absolute Gasteiger partial charge is 0.496 e. The molecule has 0 aliphatic carbocycles. The normalized spacial score (nSPS) is 14.0. The first-order valence-electron chi connectivity index (χ1n) is 9.09. The van der Waals surface area contributed by atoms with E-state index in [0.717, 1.165) is 18.8 Å². The molecular weight excluding hydrogens is 380 g/mol. The molecule has 150 valence electrons. The quantitative estimate of drug-likeness (QED) is 0.761. The molecule has 6 nitrogen and oxygen atoms in total. The Hall–Kier alpha value is -2.60. The molecule has 0 spiro atoms. The number of ether oxygens (including phenoxy) is 3. The molecule has 1 saturated heterocycles.